The third-order valence-corrected chi connectivity index (χ3v) is 3.17. The molecule has 0 saturated carbocycles. The lowest BCUT2D eigenvalue weighted by Crippen LogP contribution is -2.30. The van der Waals surface area contributed by atoms with Crippen molar-refractivity contribution in [1.82, 2.24) is 5.32 Å². The molecule has 0 atom stereocenters. The maximum Gasteiger partial charge on any atom is 0.319 e. The Balaban J connectivity index is 2.42. The molecular weight excluding hydrogens is 352 g/mol. The molecule has 94 valence electrons. The molecule has 0 aromatic heterocycles. The Hall–Kier alpha value is -0.590. The van der Waals surface area contributed by atoms with E-state index in [1.807, 2.05) is 18.2 Å². The molecule has 0 saturated heterocycles. The van der Waals surface area contributed by atoms with E-state index in [0.717, 1.165) is 21.1 Å². The average Bonchev–Trinajstić information content (AvgIpc) is 2.29. The van der Waals surface area contributed by atoms with Crippen LogP contribution in [0.15, 0.2) is 27.1 Å². The minimum atomic E-state index is -0.222. The monoisotopic (exact) mass is 364 g/mol. The van der Waals surface area contributed by atoms with E-state index < -0.39 is 0 Å². The molecule has 0 fully saturated rings. The first-order valence-electron chi connectivity index (χ1n) is 5.12. The largest absolute Gasteiger partial charge is 0.385 e. The molecule has 1 aromatic carbocycles. The number of benzene rings is 1. The summed E-state index contributed by atoms with van der Waals surface area (Å²) in [6, 6.07) is 5.37. The van der Waals surface area contributed by atoms with Crippen molar-refractivity contribution in [3.05, 3.63) is 27.1 Å². The average molecular weight is 366 g/mol. The van der Waals surface area contributed by atoms with Gasteiger partial charge in [0.05, 0.1) is 5.69 Å². The van der Waals surface area contributed by atoms with E-state index in [1.165, 1.54) is 0 Å². The first-order chi connectivity index (χ1) is 8.13. The molecule has 1 aromatic rings. The topological polar surface area (TPSA) is 50.4 Å². The molecule has 0 aliphatic carbocycles. The van der Waals surface area contributed by atoms with E-state index in [0.29, 0.717) is 13.2 Å². The van der Waals surface area contributed by atoms with E-state index in [4.69, 9.17) is 4.74 Å². The molecule has 0 aliphatic heterocycles. The van der Waals surface area contributed by atoms with Crippen LogP contribution in [-0.2, 0) is 4.74 Å². The second-order valence-corrected chi connectivity index (χ2v) is 5.12. The van der Waals surface area contributed by atoms with Gasteiger partial charge in [-0.05, 0) is 40.5 Å². The fraction of sp³-hybridized carbons (Fsp3) is 0.364. The van der Waals surface area contributed by atoms with Crippen LogP contribution in [0.1, 0.15) is 6.42 Å². The van der Waals surface area contributed by atoms with Crippen LogP contribution in [0.3, 0.4) is 0 Å². The predicted octanol–water partition coefficient (Wildman–Crippen LogP) is 3.37. The number of anilines is 1. The van der Waals surface area contributed by atoms with Crippen molar-refractivity contribution in [2.45, 2.75) is 6.42 Å². The van der Waals surface area contributed by atoms with Gasteiger partial charge in [-0.3, -0.25) is 0 Å². The van der Waals surface area contributed by atoms with Gasteiger partial charge in [0.2, 0.25) is 0 Å². The Morgan fingerprint density at radius 2 is 2.18 bits per heavy atom. The van der Waals surface area contributed by atoms with Gasteiger partial charge in [-0.2, -0.15) is 0 Å². The Labute approximate surface area is 117 Å². The Bertz CT molecular complexity index is 386. The number of carbonyl (C=O) groups is 1. The zero-order chi connectivity index (χ0) is 12.7. The van der Waals surface area contributed by atoms with Crippen LogP contribution in [0.25, 0.3) is 0 Å². The van der Waals surface area contributed by atoms with Crippen molar-refractivity contribution >= 4 is 43.6 Å². The molecule has 6 heteroatoms. The summed E-state index contributed by atoms with van der Waals surface area (Å²) in [7, 11) is 1.64. The smallest absolute Gasteiger partial charge is 0.319 e. The summed E-state index contributed by atoms with van der Waals surface area (Å²) in [5.74, 6) is 0. The Morgan fingerprint density at radius 3 is 2.88 bits per heavy atom. The van der Waals surface area contributed by atoms with Gasteiger partial charge >= 0.3 is 6.03 Å². The van der Waals surface area contributed by atoms with Crippen LogP contribution < -0.4 is 10.6 Å². The van der Waals surface area contributed by atoms with Crippen LogP contribution in [0.5, 0.6) is 0 Å². The summed E-state index contributed by atoms with van der Waals surface area (Å²) in [6.45, 7) is 1.23. The molecule has 2 amide bonds. The van der Waals surface area contributed by atoms with E-state index in [-0.39, 0.29) is 6.03 Å². The van der Waals surface area contributed by atoms with Gasteiger partial charge in [-0.1, -0.05) is 15.9 Å². The van der Waals surface area contributed by atoms with Crippen LogP contribution >= 0.6 is 31.9 Å². The summed E-state index contributed by atoms with van der Waals surface area (Å²) in [6.07, 6.45) is 0.795. The van der Waals surface area contributed by atoms with Crippen LogP contribution in [-0.4, -0.2) is 26.3 Å². The van der Waals surface area contributed by atoms with Gasteiger partial charge in [-0.25, -0.2) is 4.79 Å². The maximum absolute atomic E-state index is 11.5. The zero-order valence-corrected chi connectivity index (χ0v) is 12.6. The highest BCUT2D eigenvalue weighted by molar-refractivity contribution is 9.11. The molecule has 1 rings (SSSR count). The highest BCUT2D eigenvalue weighted by atomic mass is 79.9. The summed E-state index contributed by atoms with van der Waals surface area (Å²) in [4.78, 5) is 11.5. The second-order valence-electron chi connectivity index (χ2n) is 3.35. The Morgan fingerprint density at radius 1 is 1.41 bits per heavy atom. The summed E-state index contributed by atoms with van der Waals surface area (Å²) < 4.78 is 6.64. The number of methoxy groups -OCH3 is 1. The summed E-state index contributed by atoms with van der Waals surface area (Å²) in [5, 5.41) is 5.51. The number of amides is 2. The minimum Gasteiger partial charge on any atom is -0.385 e. The number of carbonyl (C=O) groups excluding carboxylic acids is 1. The minimum absolute atomic E-state index is 0.222. The third-order valence-electron chi connectivity index (χ3n) is 1.99. The number of rotatable bonds is 5. The van der Waals surface area contributed by atoms with Crippen molar-refractivity contribution < 1.29 is 9.53 Å². The number of urea groups is 1. The van der Waals surface area contributed by atoms with Gasteiger partial charge in [0.1, 0.15) is 0 Å². The predicted molar refractivity (Wildman–Crippen MR) is 75.4 cm³/mol. The van der Waals surface area contributed by atoms with Gasteiger partial charge in [0.15, 0.2) is 0 Å². The Kier molecular flexibility index (Phi) is 6.54. The highest BCUT2D eigenvalue weighted by Crippen LogP contribution is 2.25. The van der Waals surface area contributed by atoms with E-state index in [2.05, 4.69) is 42.5 Å². The highest BCUT2D eigenvalue weighted by Gasteiger charge is 2.05. The number of halogens is 2. The molecule has 0 unspecified atom stereocenters. The number of nitrogens with one attached hydrogen (secondary N) is 2. The van der Waals surface area contributed by atoms with Gasteiger partial charge in [0.25, 0.3) is 0 Å². The lowest BCUT2D eigenvalue weighted by molar-refractivity contribution is 0.194. The fourth-order valence-corrected chi connectivity index (χ4v) is 1.89. The molecule has 4 nitrogen and oxygen atoms in total. The van der Waals surface area contributed by atoms with Gasteiger partial charge in [-0.15, -0.1) is 0 Å². The second kappa shape index (κ2) is 7.68. The fourth-order valence-electron chi connectivity index (χ4n) is 1.18. The number of hydrogen-bond acceptors (Lipinski definition) is 2. The molecule has 17 heavy (non-hydrogen) atoms. The summed E-state index contributed by atoms with van der Waals surface area (Å²) >= 11 is 6.72. The third kappa shape index (κ3) is 5.52. The molecular formula is C11H14Br2N2O2. The van der Waals surface area contributed by atoms with Crippen LogP contribution in [0.2, 0.25) is 0 Å². The standard InChI is InChI=1S/C11H14Br2N2O2/c1-17-6-2-5-14-11(16)15-10-7-8(12)3-4-9(10)13/h3-4,7H,2,5-6H2,1H3,(H2,14,15,16). The maximum atomic E-state index is 11.5. The van der Waals surface area contributed by atoms with Gasteiger partial charge < -0.3 is 15.4 Å². The molecule has 0 aliphatic rings. The van der Waals surface area contributed by atoms with Crippen molar-refractivity contribution in [2.75, 3.05) is 25.6 Å². The lowest BCUT2D eigenvalue weighted by Gasteiger charge is -2.09. The van der Waals surface area contributed by atoms with Crippen LogP contribution in [0, 0.1) is 0 Å². The first-order valence-corrected chi connectivity index (χ1v) is 6.71. The molecule has 0 radical (unpaired) electrons. The van der Waals surface area contributed by atoms with Gasteiger partial charge in [0, 0.05) is 29.2 Å². The van der Waals surface area contributed by atoms with E-state index >= 15 is 0 Å². The van der Waals surface area contributed by atoms with Crippen molar-refractivity contribution in [3.63, 3.8) is 0 Å². The lowest BCUT2D eigenvalue weighted by atomic mass is 10.3. The quantitative estimate of drug-likeness (QED) is 0.786. The van der Waals surface area contributed by atoms with E-state index in [1.54, 1.807) is 7.11 Å². The summed E-state index contributed by atoms with van der Waals surface area (Å²) in [5.41, 5.74) is 0.726. The molecule has 0 heterocycles. The molecule has 0 bridgehead atoms. The van der Waals surface area contributed by atoms with E-state index in [9.17, 15) is 4.79 Å². The molecule has 2 N–H and O–H groups in total. The first kappa shape index (κ1) is 14.5. The van der Waals surface area contributed by atoms with Crippen molar-refractivity contribution in [2.24, 2.45) is 0 Å². The normalized spacial score (nSPS) is 10.1. The van der Waals surface area contributed by atoms with Crippen LogP contribution in [0.4, 0.5) is 10.5 Å². The van der Waals surface area contributed by atoms with Crippen molar-refractivity contribution in [3.8, 4) is 0 Å². The SMILES string of the molecule is COCCCNC(=O)Nc1cc(Br)ccc1Br. The zero-order valence-electron chi connectivity index (χ0n) is 9.43. The number of ether oxygens (including phenoxy) is 1. The molecule has 0 spiro atoms. The number of hydrogen-bond donors (Lipinski definition) is 2. The van der Waals surface area contributed by atoms with Crippen molar-refractivity contribution in [1.29, 1.82) is 0 Å².